The van der Waals surface area contributed by atoms with Crippen molar-refractivity contribution in [3.05, 3.63) is 54.0 Å². The van der Waals surface area contributed by atoms with Crippen molar-refractivity contribution in [2.45, 2.75) is 6.42 Å². The van der Waals surface area contributed by atoms with E-state index >= 15 is 0 Å². The lowest BCUT2D eigenvalue weighted by Gasteiger charge is -2.16. The fraction of sp³-hybridized carbons (Fsp3) is 0.267. The molecule has 0 atom stereocenters. The van der Waals surface area contributed by atoms with Crippen LogP contribution in [0.4, 0.5) is 0 Å². The first-order valence-electron chi connectivity index (χ1n) is 6.12. The Kier molecular flexibility index (Phi) is 4.23. The lowest BCUT2D eigenvalue weighted by Crippen LogP contribution is -2.28. The van der Waals surface area contributed by atoms with Gasteiger partial charge in [0.05, 0.1) is 13.4 Å². The molecule has 4 heteroatoms. The number of likely N-dealkylation sites (N-methyl/N-ethyl adjacent to an activating group) is 1. The summed E-state index contributed by atoms with van der Waals surface area (Å²) in [6, 6.07) is 10.9. The van der Waals surface area contributed by atoms with Crippen LogP contribution in [0.1, 0.15) is 16.1 Å². The van der Waals surface area contributed by atoms with Gasteiger partial charge < -0.3 is 14.1 Å². The molecule has 19 heavy (non-hydrogen) atoms. The molecule has 0 saturated carbocycles. The summed E-state index contributed by atoms with van der Waals surface area (Å²) in [5.41, 5.74) is 0.655. The van der Waals surface area contributed by atoms with Crippen molar-refractivity contribution in [2.75, 3.05) is 20.7 Å². The van der Waals surface area contributed by atoms with Crippen molar-refractivity contribution in [1.29, 1.82) is 0 Å². The Labute approximate surface area is 112 Å². The smallest absolute Gasteiger partial charge is 0.253 e. The summed E-state index contributed by atoms with van der Waals surface area (Å²) < 4.78 is 10.3. The summed E-state index contributed by atoms with van der Waals surface area (Å²) in [6.45, 7) is 0.623. The molecule has 1 aromatic carbocycles. The molecule has 2 aromatic rings. The minimum atomic E-state index is -0.00536. The molecule has 0 radical (unpaired) electrons. The average Bonchev–Trinajstić information content (AvgIpc) is 2.97. The molecule has 1 amide bonds. The molecule has 2 rings (SSSR count). The van der Waals surface area contributed by atoms with Gasteiger partial charge >= 0.3 is 0 Å². The van der Waals surface area contributed by atoms with Crippen molar-refractivity contribution < 1.29 is 13.9 Å². The topological polar surface area (TPSA) is 42.7 Å². The molecule has 100 valence electrons. The normalized spacial score (nSPS) is 10.2. The van der Waals surface area contributed by atoms with Crippen LogP contribution in [0.5, 0.6) is 5.75 Å². The lowest BCUT2D eigenvalue weighted by molar-refractivity contribution is 0.0795. The van der Waals surface area contributed by atoms with Crippen molar-refractivity contribution in [3.63, 3.8) is 0 Å². The van der Waals surface area contributed by atoms with E-state index in [0.29, 0.717) is 18.5 Å². The Morgan fingerprint density at radius 1 is 1.26 bits per heavy atom. The van der Waals surface area contributed by atoms with E-state index in [1.807, 2.05) is 12.1 Å². The Balaban J connectivity index is 1.94. The number of ether oxygens (including phenoxy) is 1. The highest BCUT2D eigenvalue weighted by Gasteiger charge is 2.11. The van der Waals surface area contributed by atoms with Gasteiger partial charge in [-0.25, -0.2) is 0 Å². The maximum atomic E-state index is 12.2. The number of methoxy groups -OCH3 is 1. The average molecular weight is 259 g/mol. The van der Waals surface area contributed by atoms with Gasteiger partial charge in [-0.2, -0.15) is 0 Å². The van der Waals surface area contributed by atoms with Gasteiger partial charge in [-0.3, -0.25) is 4.79 Å². The maximum Gasteiger partial charge on any atom is 0.253 e. The Bertz CT molecular complexity index is 517. The van der Waals surface area contributed by atoms with Gasteiger partial charge in [-0.15, -0.1) is 0 Å². The van der Waals surface area contributed by atoms with Crippen molar-refractivity contribution in [3.8, 4) is 5.75 Å². The molecule has 0 aliphatic carbocycles. The van der Waals surface area contributed by atoms with Crippen LogP contribution in [-0.4, -0.2) is 31.5 Å². The summed E-state index contributed by atoms with van der Waals surface area (Å²) in [5, 5.41) is 0. The Hall–Kier alpha value is -2.23. The number of amides is 1. The summed E-state index contributed by atoms with van der Waals surface area (Å²) in [7, 11) is 3.39. The number of nitrogens with zero attached hydrogens (tertiary/aromatic N) is 1. The van der Waals surface area contributed by atoms with E-state index in [2.05, 4.69) is 0 Å². The van der Waals surface area contributed by atoms with Gasteiger partial charge in [0.25, 0.3) is 5.91 Å². The van der Waals surface area contributed by atoms with Gasteiger partial charge in [0.15, 0.2) is 0 Å². The summed E-state index contributed by atoms with van der Waals surface area (Å²) in [6.07, 6.45) is 2.35. The maximum absolute atomic E-state index is 12.2. The molecule has 0 spiro atoms. The number of hydrogen-bond acceptors (Lipinski definition) is 3. The zero-order valence-corrected chi connectivity index (χ0v) is 11.1. The van der Waals surface area contributed by atoms with E-state index in [1.165, 1.54) is 0 Å². The highest BCUT2D eigenvalue weighted by Crippen LogP contribution is 2.13. The lowest BCUT2D eigenvalue weighted by atomic mass is 10.2. The third kappa shape index (κ3) is 3.37. The molecule has 0 aliphatic heterocycles. The van der Waals surface area contributed by atoms with Crippen LogP contribution in [0.3, 0.4) is 0 Å². The predicted octanol–water partition coefficient (Wildman–Crippen LogP) is 2.60. The van der Waals surface area contributed by atoms with Gasteiger partial charge in [-0.05, 0) is 36.4 Å². The van der Waals surface area contributed by atoms with Gasteiger partial charge in [-0.1, -0.05) is 0 Å². The van der Waals surface area contributed by atoms with Gasteiger partial charge in [0, 0.05) is 25.6 Å². The fourth-order valence-electron chi connectivity index (χ4n) is 1.79. The Morgan fingerprint density at radius 2 is 2.00 bits per heavy atom. The second kappa shape index (κ2) is 6.09. The molecule has 0 unspecified atom stereocenters. The molecule has 1 heterocycles. The number of benzene rings is 1. The van der Waals surface area contributed by atoms with Crippen LogP contribution in [0.2, 0.25) is 0 Å². The first kappa shape index (κ1) is 13.2. The van der Waals surface area contributed by atoms with Crippen molar-refractivity contribution in [1.82, 2.24) is 4.90 Å². The molecule has 1 aromatic heterocycles. The van der Waals surface area contributed by atoms with Crippen LogP contribution in [0.15, 0.2) is 47.1 Å². The van der Waals surface area contributed by atoms with E-state index in [0.717, 1.165) is 11.5 Å². The number of carbonyl (C=O) groups is 1. The van der Waals surface area contributed by atoms with E-state index in [4.69, 9.17) is 9.15 Å². The SMILES string of the molecule is COc1ccc(C(=O)N(C)CCc2ccco2)cc1. The van der Waals surface area contributed by atoms with E-state index in [9.17, 15) is 4.79 Å². The molecule has 0 saturated heterocycles. The molecule has 0 fully saturated rings. The van der Waals surface area contributed by atoms with Crippen molar-refractivity contribution >= 4 is 5.91 Å². The van der Waals surface area contributed by atoms with Crippen LogP contribution in [0.25, 0.3) is 0 Å². The minimum Gasteiger partial charge on any atom is -0.497 e. The molecule has 0 N–H and O–H groups in total. The molecule has 0 bridgehead atoms. The van der Waals surface area contributed by atoms with E-state index in [-0.39, 0.29) is 5.91 Å². The largest absolute Gasteiger partial charge is 0.497 e. The third-order valence-corrected chi connectivity index (χ3v) is 2.96. The molecular formula is C15H17NO3. The van der Waals surface area contributed by atoms with E-state index < -0.39 is 0 Å². The van der Waals surface area contributed by atoms with Crippen LogP contribution < -0.4 is 4.74 Å². The summed E-state index contributed by atoms with van der Waals surface area (Å²) in [4.78, 5) is 13.8. The Morgan fingerprint density at radius 3 is 2.58 bits per heavy atom. The van der Waals surface area contributed by atoms with Crippen LogP contribution in [0, 0.1) is 0 Å². The monoisotopic (exact) mass is 259 g/mol. The first-order valence-corrected chi connectivity index (χ1v) is 6.12. The highest BCUT2D eigenvalue weighted by molar-refractivity contribution is 5.94. The quantitative estimate of drug-likeness (QED) is 0.829. The zero-order chi connectivity index (χ0) is 13.7. The van der Waals surface area contributed by atoms with Gasteiger partial charge in [0.1, 0.15) is 11.5 Å². The number of carbonyl (C=O) groups excluding carboxylic acids is 1. The summed E-state index contributed by atoms with van der Waals surface area (Å²) >= 11 is 0. The first-order chi connectivity index (χ1) is 9.20. The van der Waals surface area contributed by atoms with E-state index in [1.54, 1.807) is 49.6 Å². The summed E-state index contributed by atoms with van der Waals surface area (Å²) in [5.74, 6) is 1.62. The number of furan rings is 1. The van der Waals surface area contributed by atoms with Crippen molar-refractivity contribution in [2.24, 2.45) is 0 Å². The minimum absolute atomic E-state index is 0.00536. The molecule has 0 aliphatic rings. The highest BCUT2D eigenvalue weighted by atomic mass is 16.5. The standard InChI is InChI=1S/C15H17NO3/c1-16(10-9-14-4-3-11-19-14)15(17)12-5-7-13(18-2)8-6-12/h3-8,11H,9-10H2,1-2H3. The predicted molar refractivity (Wildman–Crippen MR) is 72.4 cm³/mol. The second-order valence-corrected chi connectivity index (χ2v) is 4.28. The third-order valence-electron chi connectivity index (χ3n) is 2.96. The molecular weight excluding hydrogens is 242 g/mol. The fourth-order valence-corrected chi connectivity index (χ4v) is 1.79. The second-order valence-electron chi connectivity index (χ2n) is 4.28. The molecule has 4 nitrogen and oxygen atoms in total. The van der Waals surface area contributed by atoms with Gasteiger partial charge in [0.2, 0.25) is 0 Å². The van der Waals surface area contributed by atoms with Crippen LogP contribution in [-0.2, 0) is 6.42 Å². The van der Waals surface area contributed by atoms with Crippen LogP contribution >= 0.6 is 0 Å². The zero-order valence-electron chi connectivity index (χ0n) is 11.1. The number of rotatable bonds is 5. The number of hydrogen-bond donors (Lipinski definition) is 0.